The van der Waals surface area contributed by atoms with Crippen molar-refractivity contribution in [1.29, 1.82) is 0 Å². The van der Waals surface area contributed by atoms with Crippen molar-refractivity contribution in [2.45, 2.75) is 12.3 Å². The highest BCUT2D eigenvalue weighted by Gasteiger charge is 2.32. The number of phenolic OH excluding ortho intramolecular Hbond substituents is 1. The minimum absolute atomic E-state index is 0.113. The molecule has 0 fully saturated rings. The van der Waals surface area contributed by atoms with Gasteiger partial charge in [0.2, 0.25) is 0 Å². The molecule has 2 nitrogen and oxygen atoms in total. The minimum Gasteiger partial charge on any atom is -0.508 e. The van der Waals surface area contributed by atoms with E-state index < -0.39 is 0 Å². The van der Waals surface area contributed by atoms with Gasteiger partial charge >= 0.3 is 0 Å². The molecule has 84 valence electrons. The van der Waals surface area contributed by atoms with Crippen molar-refractivity contribution in [1.82, 2.24) is 0 Å². The number of benzene rings is 2. The Balaban J connectivity index is 2.05. The van der Waals surface area contributed by atoms with Crippen molar-refractivity contribution in [2.24, 2.45) is 0 Å². The lowest BCUT2D eigenvalue weighted by molar-refractivity contribution is 0.0971. The average Bonchev–Trinajstić information content (AvgIpc) is 2.68. The number of rotatable bonds is 1. The summed E-state index contributed by atoms with van der Waals surface area (Å²) in [5.41, 5.74) is 2.60. The Labute approximate surface area is 99.5 Å². The minimum atomic E-state index is -0.228. The predicted molar refractivity (Wildman–Crippen MR) is 65.3 cm³/mol. The molecule has 1 aliphatic carbocycles. The molecule has 0 aliphatic heterocycles. The van der Waals surface area contributed by atoms with Crippen LogP contribution in [-0.2, 0) is 6.42 Å². The fourth-order valence-electron chi connectivity index (χ4n) is 2.47. The van der Waals surface area contributed by atoms with Crippen LogP contribution >= 0.6 is 0 Å². The number of hydrogen-bond donors (Lipinski definition) is 1. The molecule has 0 saturated heterocycles. The van der Waals surface area contributed by atoms with Gasteiger partial charge in [-0.05, 0) is 18.1 Å². The molecule has 0 heterocycles. The first-order valence-corrected chi connectivity index (χ1v) is 5.67. The van der Waals surface area contributed by atoms with E-state index in [1.54, 1.807) is 12.1 Å². The van der Waals surface area contributed by atoms with E-state index in [0.717, 1.165) is 16.7 Å². The van der Waals surface area contributed by atoms with Gasteiger partial charge in [0, 0.05) is 11.1 Å². The highest BCUT2D eigenvalue weighted by atomic mass is 16.3. The Hall–Kier alpha value is -2.09. The Kier molecular flexibility index (Phi) is 2.22. The number of Topliss-reactive ketones (excluding diaryl/α,β-unsaturated/α-hetero) is 1. The zero-order valence-electron chi connectivity index (χ0n) is 9.26. The summed E-state index contributed by atoms with van der Waals surface area (Å²) >= 11 is 0. The van der Waals surface area contributed by atoms with E-state index in [2.05, 4.69) is 0 Å². The number of fused-ring (bicyclic) bond motifs is 1. The zero-order chi connectivity index (χ0) is 11.8. The van der Waals surface area contributed by atoms with Crippen LogP contribution in [0.5, 0.6) is 5.75 Å². The summed E-state index contributed by atoms with van der Waals surface area (Å²) in [7, 11) is 0. The maximum Gasteiger partial charge on any atom is 0.171 e. The summed E-state index contributed by atoms with van der Waals surface area (Å²) < 4.78 is 0. The normalized spacial score (nSPS) is 18.1. The van der Waals surface area contributed by atoms with Crippen LogP contribution in [0, 0.1) is 0 Å². The number of carbonyl (C=O) groups excluding carboxylic acids is 1. The second-order valence-corrected chi connectivity index (χ2v) is 4.34. The molecule has 3 rings (SSSR count). The second kappa shape index (κ2) is 3.74. The summed E-state index contributed by atoms with van der Waals surface area (Å²) in [4.78, 5) is 12.2. The molecule has 2 heteroatoms. The van der Waals surface area contributed by atoms with Gasteiger partial charge in [0.05, 0.1) is 5.92 Å². The molecule has 1 N–H and O–H groups in total. The number of carbonyl (C=O) groups is 1. The Morgan fingerprint density at radius 2 is 1.71 bits per heavy atom. The van der Waals surface area contributed by atoms with Crippen LogP contribution in [0.15, 0.2) is 48.5 Å². The Morgan fingerprint density at radius 1 is 1.00 bits per heavy atom. The van der Waals surface area contributed by atoms with Gasteiger partial charge in [-0.2, -0.15) is 0 Å². The molecular weight excluding hydrogens is 212 g/mol. The molecule has 17 heavy (non-hydrogen) atoms. The largest absolute Gasteiger partial charge is 0.508 e. The van der Waals surface area contributed by atoms with E-state index in [1.807, 2.05) is 36.4 Å². The average molecular weight is 224 g/mol. The van der Waals surface area contributed by atoms with Gasteiger partial charge in [0.15, 0.2) is 5.78 Å². The number of hydrogen-bond acceptors (Lipinski definition) is 2. The van der Waals surface area contributed by atoms with Gasteiger partial charge in [0.25, 0.3) is 0 Å². The van der Waals surface area contributed by atoms with Crippen LogP contribution in [0.4, 0.5) is 0 Å². The van der Waals surface area contributed by atoms with E-state index in [-0.39, 0.29) is 17.5 Å². The third-order valence-electron chi connectivity index (χ3n) is 3.34. The molecule has 1 unspecified atom stereocenters. The van der Waals surface area contributed by atoms with Gasteiger partial charge in [-0.3, -0.25) is 4.79 Å². The summed E-state index contributed by atoms with van der Waals surface area (Å²) in [5, 5.41) is 9.82. The summed E-state index contributed by atoms with van der Waals surface area (Å²) in [6.45, 7) is 0. The van der Waals surface area contributed by atoms with Crippen LogP contribution in [0.3, 0.4) is 0 Å². The Morgan fingerprint density at radius 3 is 2.47 bits per heavy atom. The van der Waals surface area contributed by atoms with Gasteiger partial charge in [-0.25, -0.2) is 0 Å². The first-order valence-electron chi connectivity index (χ1n) is 5.67. The van der Waals surface area contributed by atoms with Crippen molar-refractivity contribution >= 4 is 5.78 Å². The van der Waals surface area contributed by atoms with E-state index in [9.17, 15) is 9.90 Å². The van der Waals surface area contributed by atoms with E-state index in [4.69, 9.17) is 0 Å². The van der Waals surface area contributed by atoms with E-state index in [0.29, 0.717) is 6.42 Å². The molecule has 1 aliphatic rings. The van der Waals surface area contributed by atoms with E-state index in [1.165, 1.54) is 0 Å². The third kappa shape index (κ3) is 1.53. The van der Waals surface area contributed by atoms with Crippen LogP contribution < -0.4 is 0 Å². The zero-order valence-corrected chi connectivity index (χ0v) is 9.26. The molecule has 1 atom stereocenters. The fraction of sp³-hybridized carbons (Fsp3) is 0.133. The standard InChI is InChI=1S/C15H12O2/c16-14-8-4-3-7-12(14)13-9-10-5-1-2-6-11(10)15(13)17/h1-8,13,16H,9H2. The number of ketones is 1. The highest BCUT2D eigenvalue weighted by molar-refractivity contribution is 6.05. The Bertz CT molecular complexity index is 587. The second-order valence-electron chi connectivity index (χ2n) is 4.34. The maximum atomic E-state index is 12.2. The monoisotopic (exact) mass is 224 g/mol. The van der Waals surface area contributed by atoms with Crippen molar-refractivity contribution in [3.05, 3.63) is 65.2 Å². The van der Waals surface area contributed by atoms with Crippen LogP contribution in [0.2, 0.25) is 0 Å². The first-order chi connectivity index (χ1) is 8.27. The molecule has 0 spiro atoms. The molecule has 0 bridgehead atoms. The quantitative estimate of drug-likeness (QED) is 0.808. The molecule has 0 amide bonds. The predicted octanol–water partition coefficient (Wildman–Crippen LogP) is 2.91. The van der Waals surface area contributed by atoms with Gasteiger partial charge in [-0.15, -0.1) is 0 Å². The summed E-state index contributed by atoms with van der Waals surface area (Å²) in [5.74, 6) is 0.0920. The number of para-hydroxylation sites is 1. The van der Waals surface area contributed by atoms with Crippen LogP contribution in [0.1, 0.15) is 27.4 Å². The summed E-state index contributed by atoms with van der Waals surface area (Å²) in [6.07, 6.45) is 0.687. The molecular formula is C15H12O2. The first kappa shape index (κ1) is 10.1. The lowest BCUT2D eigenvalue weighted by Crippen LogP contribution is -2.06. The summed E-state index contributed by atoms with van der Waals surface area (Å²) in [6, 6.07) is 14.7. The van der Waals surface area contributed by atoms with Crippen LogP contribution in [-0.4, -0.2) is 10.9 Å². The highest BCUT2D eigenvalue weighted by Crippen LogP contribution is 2.37. The lowest BCUT2D eigenvalue weighted by Gasteiger charge is -2.09. The maximum absolute atomic E-state index is 12.2. The molecule has 2 aromatic rings. The smallest absolute Gasteiger partial charge is 0.171 e. The molecule has 2 aromatic carbocycles. The lowest BCUT2D eigenvalue weighted by atomic mass is 9.94. The number of aromatic hydroxyl groups is 1. The van der Waals surface area contributed by atoms with Gasteiger partial charge < -0.3 is 5.11 Å². The van der Waals surface area contributed by atoms with Gasteiger partial charge in [0.1, 0.15) is 5.75 Å². The van der Waals surface area contributed by atoms with Gasteiger partial charge in [-0.1, -0.05) is 42.5 Å². The topological polar surface area (TPSA) is 37.3 Å². The van der Waals surface area contributed by atoms with Crippen LogP contribution in [0.25, 0.3) is 0 Å². The third-order valence-corrected chi connectivity index (χ3v) is 3.34. The van der Waals surface area contributed by atoms with Crippen molar-refractivity contribution in [3.8, 4) is 5.75 Å². The molecule has 0 aromatic heterocycles. The fourth-order valence-corrected chi connectivity index (χ4v) is 2.47. The van der Waals surface area contributed by atoms with Crippen molar-refractivity contribution in [3.63, 3.8) is 0 Å². The van der Waals surface area contributed by atoms with E-state index >= 15 is 0 Å². The van der Waals surface area contributed by atoms with Crippen molar-refractivity contribution < 1.29 is 9.90 Å². The molecule has 0 radical (unpaired) electrons. The number of phenols is 1. The molecule has 0 saturated carbocycles. The van der Waals surface area contributed by atoms with Crippen molar-refractivity contribution in [2.75, 3.05) is 0 Å². The SMILES string of the molecule is O=C1c2ccccc2CC1c1ccccc1O.